The van der Waals surface area contributed by atoms with Crippen LogP contribution in [-0.2, 0) is 11.2 Å². The highest BCUT2D eigenvalue weighted by Gasteiger charge is 2.22. The molecule has 1 atom stereocenters. The molecule has 0 aromatic carbocycles. The van der Waals surface area contributed by atoms with Gasteiger partial charge < -0.3 is 10.6 Å². The second-order valence-electron chi connectivity index (χ2n) is 5.24. The molecule has 0 spiro atoms. The van der Waals surface area contributed by atoms with Crippen LogP contribution in [0.2, 0.25) is 0 Å². The van der Waals surface area contributed by atoms with E-state index in [4.69, 9.17) is 5.73 Å². The molecule has 1 aromatic rings. The molecule has 1 fully saturated rings. The van der Waals surface area contributed by atoms with Crippen molar-refractivity contribution in [1.29, 1.82) is 0 Å². The number of hydrogen-bond acceptors (Lipinski definition) is 4. The van der Waals surface area contributed by atoms with Gasteiger partial charge in [-0.1, -0.05) is 6.92 Å². The normalized spacial score (nSPS) is 19.5. The number of piperidine rings is 1. The zero-order chi connectivity index (χ0) is 13.8. The smallest absolute Gasteiger partial charge is 0.217 e. The Morgan fingerprint density at radius 3 is 3.00 bits per heavy atom. The molecule has 1 amide bonds. The van der Waals surface area contributed by atoms with Crippen LogP contribution in [0.4, 0.5) is 5.82 Å². The van der Waals surface area contributed by atoms with Crippen molar-refractivity contribution in [2.24, 2.45) is 11.7 Å². The lowest BCUT2D eigenvalue weighted by Crippen LogP contribution is -2.37. The topological polar surface area (TPSA) is 72.1 Å². The molecule has 1 aliphatic heterocycles. The van der Waals surface area contributed by atoms with Gasteiger partial charge in [-0.3, -0.25) is 4.79 Å². The maximum atomic E-state index is 11.0. The van der Waals surface area contributed by atoms with E-state index >= 15 is 0 Å². The molecule has 0 radical (unpaired) electrons. The van der Waals surface area contributed by atoms with E-state index in [9.17, 15) is 4.79 Å². The van der Waals surface area contributed by atoms with Crippen LogP contribution in [-0.4, -0.2) is 29.0 Å². The summed E-state index contributed by atoms with van der Waals surface area (Å²) in [7, 11) is 0. The van der Waals surface area contributed by atoms with E-state index in [0.29, 0.717) is 12.3 Å². The third-order valence-electron chi connectivity index (χ3n) is 3.57. The number of aryl methyl sites for hydroxylation is 2. The van der Waals surface area contributed by atoms with Gasteiger partial charge in [0.1, 0.15) is 11.6 Å². The second kappa shape index (κ2) is 5.99. The van der Waals surface area contributed by atoms with E-state index in [-0.39, 0.29) is 5.91 Å². The molecule has 1 aromatic heterocycles. The Hall–Kier alpha value is -1.65. The Morgan fingerprint density at radius 1 is 1.53 bits per heavy atom. The molecule has 5 heteroatoms. The first kappa shape index (κ1) is 13.8. The van der Waals surface area contributed by atoms with E-state index in [0.717, 1.165) is 49.7 Å². The molecule has 1 aliphatic rings. The van der Waals surface area contributed by atoms with Gasteiger partial charge in [-0.15, -0.1) is 0 Å². The zero-order valence-corrected chi connectivity index (χ0v) is 11.7. The summed E-state index contributed by atoms with van der Waals surface area (Å²) in [6.07, 6.45) is 3.54. The predicted octanol–water partition coefficient (Wildman–Crippen LogP) is 1.44. The number of aromatic nitrogens is 2. The summed E-state index contributed by atoms with van der Waals surface area (Å²) in [5.41, 5.74) is 6.36. The fourth-order valence-corrected chi connectivity index (χ4v) is 2.68. The fraction of sp³-hybridized carbons (Fsp3) is 0.643. The number of carbonyl (C=O) groups is 1. The number of carbonyl (C=O) groups excluding carboxylic acids is 1. The number of primary amides is 1. The standard InChI is InChI=1S/C14H22N4O/c1-3-12-8-14(17-10(2)16-12)18-6-4-5-11(9-18)7-13(15)19/h8,11H,3-7,9H2,1-2H3,(H2,15,19). The molecule has 0 saturated carbocycles. The maximum absolute atomic E-state index is 11.0. The molecule has 2 rings (SSSR count). The Labute approximate surface area is 114 Å². The summed E-state index contributed by atoms with van der Waals surface area (Å²) in [6.45, 7) is 5.88. The number of amides is 1. The molecule has 0 aliphatic carbocycles. The van der Waals surface area contributed by atoms with Crippen molar-refractivity contribution in [2.75, 3.05) is 18.0 Å². The van der Waals surface area contributed by atoms with Crippen molar-refractivity contribution in [3.05, 3.63) is 17.6 Å². The van der Waals surface area contributed by atoms with Gasteiger partial charge in [0.15, 0.2) is 0 Å². The molecule has 0 bridgehead atoms. The number of hydrogen-bond donors (Lipinski definition) is 1. The number of anilines is 1. The summed E-state index contributed by atoms with van der Waals surface area (Å²) in [5, 5.41) is 0. The lowest BCUT2D eigenvalue weighted by Gasteiger charge is -2.33. The van der Waals surface area contributed by atoms with Gasteiger partial charge in [-0.2, -0.15) is 0 Å². The van der Waals surface area contributed by atoms with Crippen LogP contribution in [0.3, 0.4) is 0 Å². The maximum Gasteiger partial charge on any atom is 0.217 e. The minimum absolute atomic E-state index is 0.208. The second-order valence-corrected chi connectivity index (χ2v) is 5.24. The molecule has 19 heavy (non-hydrogen) atoms. The van der Waals surface area contributed by atoms with Gasteiger partial charge in [0.05, 0.1) is 0 Å². The van der Waals surface area contributed by atoms with Crippen molar-refractivity contribution in [3.63, 3.8) is 0 Å². The summed E-state index contributed by atoms with van der Waals surface area (Å²) in [4.78, 5) is 22.2. The highest BCUT2D eigenvalue weighted by molar-refractivity contribution is 5.74. The third-order valence-corrected chi connectivity index (χ3v) is 3.57. The zero-order valence-electron chi connectivity index (χ0n) is 11.7. The van der Waals surface area contributed by atoms with Crippen molar-refractivity contribution in [2.45, 2.75) is 39.5 Å². The van der Waals surface area contributed by atoms with Gasteiger partial charge in [-0.25, -0.2) is 9.97 Å². The fourth-order valence-electron chi connectivity index (χ4n) is 2.68. The predicted molar refractivity (Wildman–Crippen MR) is 74.9 cm³/mol. The van der Waals surface area contributed by atoms with Crippen molar-refractivity contribution in [3.8, 4) is 0 Å². The molecule has 1 saturated heterocycles. The quantitative estimate of drug-likeness (QED) is 0.891. The average Bonchev–Trinajstić information content (AvgIpc) is 2.37. The van der Waals surface area contributed by atoms with Crippen LogP contribution in [0.25, 0.3) is 0 Å². The third kappa shape index (κ3) is 3.66. The Kier molecular flexibility index (Phi) is 4.35. The minimum atomic E-state index is -0.208. The van der Waals surface area contributed by atoms with Gasteiger partial charge in [0, 0.05) is 31.3 Å². The van der Waals surface area contributed by atoms with Gasteiger partial charge in [-0.05, 0) is 32.1 Å². The Morgan fingerprint density at radius 2 is 2.32 bits per heavy atom. The lowest BCUT2D eigenvalue weighted by molar-refractivity contribution is -0.118. The molecular weight excluding hydrogens is 240 g/mol. The van der Waals surface area contributed by atoms with E-state index in [1.807, 2.05) is 6.92 Å². The first-order valence-electron chi connectivity index (χ1n) is 6.96. The van der Waals surface area contributed by atoms with Crippen LogP contribution >= 0.6 is 0 Å². The lowest BCUT2D eigenvalue weighted by atomic mass is 9.94. The largest absolute Gasteiger partial charge is 0.370 e. The first-order valence-corrected chi connectivity index (χ1v) is 6.96. The SMILES string of the molecule is CCc1cc(N2CCCC(CC(N)=O)C2)nc(C)n1. The summed E-state index contributed by atoms with van der Waals surface area (Å²) < 4.78 is 0. The van der Waals surface area contributed by atoms with E-state index < -0.39 is 0 Å². The summed E-state index contributed by atoms with van der Waals surface area (Å²) >= 11 is 0. The summed E-state index contributed by atoms with van der Waals surface area (Å²) in [6, 6.07) is 2.06. The van der Waals surface area contributed by atoms with Gasteiger partial charge in [0.2, 0.25) is 5.91 Å². The first-order chi connectivity index (χ1) is 9.08. The monoisotopic (exact) mass is 262 g/mol. The highest BCUT2D eigenvalue weighted by atomic mass is 16.1. The van der Waals surface area contributed by atoms with E-state index in [2.05, 4.69) is 27.9 Å². The van der Waals surface area contributed by atoms with Crippen molar-refractivity contribution < 1.29 is 4.79 Å². The van der Waals surface area contributed by atoms with Crippen molar-refractivity contribution in [1.82, 2.24) is 9.97 Å². The molecule has 5 nitrogen and oxygen atoms in total. The van der Waals surface area contributed by atoms with Crippen LogP contribution in [0.5, 0.6) is 0 Å². The molecule has 1 unspecified atom stereocenters. The van der Waals surface area contributed by atoms with Crippen LogP contribution in [0, 0.1) is 12.8 Å². The van der Waals surface area contributed by atoms with Crippen LogP contribution < -0.4 is 10.6 Å². The Balaban J connectivity index is 2.12. The molecule has 2 N–H and O–H groups in total. The molecular formula is C14H22N4O. The molecule has 104 valence electrons. The average molecular weight is 262 g/mol. The summed E-state index contributed by atoms with van der Waals surface area (Å²) in [5.74, 6) is 1.94. The van der Waals surface area contributed by atoms with Crippen molar-refractivity contribution >= 4 is 11.7 Å². The highest BCUT2D eigenvalue weighted by Crippen LogP contribution is 2.24. The number of rotatable bonds is 4. The minimum Gasteiger partial charge on any atom is -0.370 e. The van der Waals surface area contributed by atoms with E-state index in [1.165, 1.54) is 0 Å². The van der Waals surface area contributed by atoms with Gasteiger partial charge >= 0.3 is 0 Å². The molecule has 2 heterocycles. The number of nitrogens with two attached hydrogens (primary N) is 1. The Bertz CT molecular complexity index is 461. The van der Waals surface area contributed by atoms with E-state index in [1.54, 1.807) is 0 Å². The van der Waals surface area contributed by atoms with Gasteiger partial charge in [0.25, 0.3) is 0 Å². The van der Waals surface area contributed by atoms with Crippen LogP contribution in [0.15, 0.2) is 6.07 Å². The number of nitrogens with zero attached hydrogens (tertiary/aromatic N) is 3. The van der Waals surface area contributed by atoms with Crippen LogP contribution in [0.1, 0.15) is 37.7 Å².